The standard InChI is InChI=1S/C14H25N3O2/c1-10(2)9-19-14-12(15)5-6-13(16-14)17(7-8-18)11(3)4/h5-6,10-11,18H,7-9,15H2,1-4H3. The van der Waals surface area contributed by atoms with Crippen LogP contribution in [0.5, 0.6) is 5.88 Å². The van der Waals surface area contributed by atoms with E-state index in [4.69, 9.17) is 15.6 Å². The van der Waals surface area contributed by atoms with Crippen molar-refractivity contribution >= 4 is 11.5 Å². The molecule has 0 aliphatic carbocycles. The van der Waals surface area contributed by atoms with Gasteiger partial charge in [-0.25, -0.2) is 0 Å². The third kappa shape index (κ3) is 4.59. The van der Waals surface area contributed by atoms with Crippen LogP contribution in [0.1, 0.15) is 27.7 Å². The summed E-state index contributed by atoms with van der Waals surface area (Å²) in [5, 5.41) is 9.12. The van der Waals surface area contributed by atoms with Crippen molar-refractivity contribution in [2.24, 2.45) is 5.92 Å². The van der Waals surface area contributed by atoms with Gasteiger partial charge in [-0.1, -0.05) is 13.8 Å². The predicted molar refractivity (Wildman–Crippen MR) is 78.6 cm³/mol. The van der Waals surface area contributed by atoms with E-state index in [9.17, 15) is 0 Å². The third-order valence-electron chi connectivity index (χ3n) is 2.69. The zero-order valence-electron chi connectivity index (χ0n) is 12.3. The highest BCUT2D eigenvalue weighted by atomic mass is 16.5. The Bertz CT molecular complexity index is 394. The van der Waals surface area contributed by atoms with E-state index in [-0.39, 0.29) is 12.6 Å². The number of nitrogen functional groups attached to an aromatic ring is 1. The number of pyridine rings is 1. The summed E-state index contributed by atoms with van der Waals surface area (Å²) < 4.78 is 5.62. The zero-order valence-corrected chi connectivity index (χ0v) is 12.3. The molecule has 0 aliphatic rings. The maximum Gasteiger partial charge on any atom is 0.239 e. The van der Waals surface area contributed by atoms with Crippen LogP contribution in [0.4, 0.5) is 11.5 Å². The highest BCUT2D eigenvalue weighted by Gasteiger charge is 2.14. The minimum Gasteiger partial charge on any atom is -0.476 e. The number of aliphatic hydroxyl groups excluding tert-OH is 1. The number of nitrogens with two attached hydrogens (primary N) is 1. The second-order valence-electron chi connectivity index (χ2n) is 5.28. The highest BCUT2D eigenvalue weighted by molar-refractivity contribution is 5.54. The quantitative estimate of drug-likeness (QED) is 0.789. The van der Waals surface area contributed by atoms with E-state index in [0.29, 0.717) is 30.6 Å². The number of nitrogens with zero attached hydrogens (tertiary/aromatic N) is 2. The number of ether oxygens (including phenoxy) is 1. The van der Waals surface area contributed by atoms with Gasteiger partial charge in [0.1, 0.15) is 5.82 Å². The summed E-state index contributed by atoms with van der Waals surface area (Å²) in [6.07, 6.45) is 0. The molecule has 1 heterocycles. The van der Waals surface area contributed by atoms with E-state index in [1.165, 1.54) is 0 Å². The van der Waals surface area contributed by atoms with Crippen molar-refractivity contribution < 1.29 is 9.84 Å². The van der Waals surface area contributed by atoms with Gasteiger partial charge in [0.15, 0.2) is 0 Å². The van der Waals surface area contributed by atoms with Gasteiger partial charge < -0.3 is 20.5 Å². The molecule has 0 aromatic carbocycles. The van der Waals surface area contributed by atoms with Crippen molar-refractivity contribution in [3.05, 3.63) is 12.1 Å². The van der Waals surface area contributed by atoms with Crippen LogP contribution in [-0.4, -0.2) is 35.9 Å². The maximum absolute atomic E-state index is 9.12. The molecule has 0 unspecified atom stereocenters. The van der Waals surface area contributed by atoms with Crippen molar-refractivity contribution in [2.45, 2.75) is 33.7 Å². The minimum absolute atomic E-state index is 0.0897. The normalized spacial score (nSPS) is 11.1. The van der Waals surface area contributed by atoms with Crippen LogP contribution in [-0.2, 0) is 0 Å². The van der Waals surface area contributed by atoms with Gasteiger partial charge in [0, 0.05) is 12.6 Å². The topological polar surface area (TPSA) is 71.6 Å². The molecule has 3 N–H and O–H groups in total. The van der Waals surface area contributed by atoms with Gasteiger partial charge in [0.05, 0.1) is 18.9 Å². The van der Waals surface area contributed by atoms with Crippen molar-refractivity contribution in [1.82, 2.24) is 4.98 Å². The Kier molecular flexibility index (Phi) is 5.89. The number of rotatable bonds is 7. The number of anilines is 2. The lowest BCUT2D eigenvalue weighted by molar-refractivity contribution is 0.262. The van der Waals surface area contributed by atoms with Gasteiger partial charge in [-0.15, -0.1) is 0 Å². The van der Waals surface area contributed by atoms with Crippen molar-refractivity contribution in [3.63, 3.8) is 0 Å². The van der Waals surface area contributed by atoms with Gasteiger partial charge >= 0.3 is 0 Å². The fourth-order valence-corrected chi connectivity index (χ4v) is 1.71. The molecule has 0 fully saturated rings. The molecule has 0 radical (unpaired) electrons. The molecule has 0 amide bonds. The molecule has 1 rings (SSSR count). The molecule has 5 nitrogen and oxygen atoms in total. The molecule has 0 atom stereocenters. The summed E-state index contributed by atoms with van der Waals surface area (Å²) in [5.41, 5.74) is 6.41. The average Bonchev–Trinajstić information content (AvgIpc) is 2.34. The first kappa shape index (κ1) is 15.6. The fraction of sp³-hybridized carbons (Fsp3) is 0.643. The van der Waals surface area contributed by atoms with Crippen LogP contribution in [0.25, 0.3) is 0 Å². The lowest BCUT2D eigenvalue weighted by atomic mass is 10.2. The molecule has 0 bridgehead atoms. The van der Waals surface area contributed by atoms with E-state index >= 15 is 0 Å². The molecule has 19 heavy (non-hydrogen) atoms. The molecule has 108 valence electrons. The number of hydrogen-bond acceptors (Lipinski definition) is 5. The Labute approximate surface area is 115 Å². The summed E-state index contributed by atoms with van der Waals surface area (Å²) in [4.78, 5) is 6.47. The van der Waals surface area contributed by atoms with Crippen molar-refractivity contribution in [1.29, 1.82) is 0 Å². The third-order valence-corrected chi connectivity index (χ3v) is 2.69. The molecule has 0 aliphatic heterocycles. The first-order valence-corrected chi connectivity index (χ1v) is 6.72. The summed E-state index contributed by atoms with van der Waals surface area (Å²) in [5.74, 6) is 1.66. The lowest BCUT2D eigenvalue weighted by Crippen LogP contribution is -2.34. The Morgan fingerprint density at radius 3 is 2.53 bits per heavy atom. The van der Waals surface area contributed by atoms with Gasteiger partial charge in [-0.3, -0.25) is 0 Å². The van der Waals surface area contributed by atoms with Gasteiger partial charge in [0.25, 0.3) is 0 Å². The summed E-state index contributed by atoms with van der Waals surface area (Å²) in [6, 6.07) is 3.90. The van der Waals surface area contributed by atoms with Crippen LogP contribution in [0.15, 0.2) is 12.1 Å². The Morgan fingerprint density at radius 1 is 1.32 bits per heavy atom. The fourth-order valence-electron chi connectivity index (χ4n) is 1.71. The average molecular weight is 267 g/mol. The van der Waals surface area contributed by atoms with E-state index in [1.54, 1.807) is 6.07 Å². The van der Waals surface area contributed by atoms with E-state index in [1.807, 2.05) is 11.0 Å². The van der Waals surface area contributed by atoms with E-state index in [2.05, 4.69) is 32.7 Å². The van der Waals surface area contributed by atoms with Crippen LogP contribution >= 0.6 is 0 Å². The number of aliphatic hydroxyl groups is 1. The van der Waals surface area contributed by atoms with E-state index < -0.39 is 0 Å². The Morgan fingerprint density at radius 2 is 2.00 bits per heavy atom. The van der Waals surface area contributed by atoms with Gasteiger partial charge in [0.2, 0.25) is 5.88 Å². The predicted octanol–water partition coefficient (Wildman–Crippen LogP) is 1.91. The molecule has 0 saturated heterocycles. The second kappa shape index (κ2) is 7.19. The molecule has 0 saturated carbocycles. The van der Waals surface area contributed by atoms with Crippen molar-refractivity contribution in [3.8, 4) is 5.88 Å². The molecule has 1 aromatic heterocycles. The lowest BCUT2D eigenvalue weighted by Gasteiger charge is -2.27. The van der Waals surface area contributed by atoms with Crippen LogP contribution < -0.4 is 15.4 Å². The Balaban J connectivity index is 2.92. The first-order valence-electron chi connectivity index (χ1n) is 6.72. The van der Waals surface area contributed by atoms with E-state index in [0.717, 1.165) is 5.82 Å². The molecule has 5 heteroatoms. The summed E-state index contributed by atoms with van der Waals surface area (Å²) in [6.45, 7) is 9.48. The summed E-state index contributed by atoms with van der Waals surface area (Å²) >= 11 is 0. The number of hydrogen-bond donors (Lipinski definition) is 2. The Hall–Kier alpha value is -1.49. The molecular formula is C14H25N3O2. The summed E-state index contributed by atoms with van der Waals surface area (Å²) in [7, 11) is 0. The zero-order chi connectivity index (χ0) is 14.4. The van der Waals surface area contributed by atoms with Crippen molar-refractivity contribution in [2.75, 3.05) is 30.4 Å². The largest absolute Gasteiger partial charge is 0.476 e. The van der Waals surface area contributed by atoms with Gasteiger partial charge in [-0.2, -0.15) is 4.98 Å². The molecular weight excluding hydrogens is 242 g/mol. The highest BCUT2D eigenvalue weighted by Crippen LogP contribution is 2.24. The SMILES string of the molecule is CC(C)COc1nc(N(CCO)C(C)C)ccc1N. The van der Waals surface area contributed by atoms with Gasteiger partial charge in [-0.05, 0) is 31.9 Å². The second-order valence-corrected chi connectivity index (χ2v) is 5.28. The molecule has 1 aromatic rings. The smallest absolute Gasteiger partial charge is 0.239 e. The maximum atomic E-state index is 9.12. The van der Waals surface area contributed by atoms with Crippen LogP contribution in [0.2, 0.25) is 0 Å². The first-order chi connectivity index (χ1) is 8.95. The minimum atomic E-state index is 0.0897. The number of aromatic nitrogens is 1. The van der Waals surface area contributed by atoms with Crippen LogP contribution in [0, 0.1) is 5.92 Å². The monoisotopic (exact) mass is 267 g/mol. The van der Waals surface area contributed by atoms with Crippen LogP contribution in [0.3, 0.4) is 0 Å². The molecule has 0 spiro atoms.